The average molecular weight is 244 g/mol. The van der Waals surface area contributed by atoms with E-state index in [2.05, 4.69) is 5.32 Å². The Morgan fingerprint density at radius 3 is 2.71 bits per heavy atom. The lowest BCUT2D eigenvalue weighted by Crippen LogP contribution is -2.30. The van der Waals surface area contributed by atoms with Crippen LogP contribution in [0.4, 0.5) is 14.5 Å². The van der Waals surface area contributed by atoms with Crippen molar-refractivity contribution in [3.05, 3.63) is 29.3 Å². The van der Waals surface area contributed by atoms with E-state index < -0.39 is 17.5 Å². The van der Waals surface area contributed by atoms with E-state index in [1.807, 2.05) is 0 Å². The number of halogens is 2. The molecule has 17 heavy (non-hydrogen) atoms. The Kier molecular flexibility index (Phi) is 4.39. The van der Waals surface area contributed by atoms with Crippen LogP contribution in [0.3, 0.4) is 0 Å². The van der Waals surface area contributed by atoms with Gasteiger partial charge in [0.05, 0.1) is 11.3 Å². The van der Waals surface area contributed by atoms with Gasteiger partial charge >= 0.3 is 0 Å². The first-order valence-electron chi connectivity index (χ1n) is 5.09. The minimum Gasteiger partial charge on any atom is -0.396 e. The summed E-state index contributed by atoms with van der Waals surface area (Å²) in [4.78, 5) is 11.5. The molecular weight excluding hydrogens is 230 g/mol. The second kappa shape index (κ2) is 5.58. The highest BCUT2D eigenvalue weighted by Gasteiger charge is 2.15. The Labute approximate surface area is 97.4 Å². The zero-order valence-corrected chi connectivity index (χ0v) is 9.34. The second-order valence-corrected chi connectivity index (χ2v) is 3.85. The fourth-order valence-corrected chi connectivity index (χ4v) is 1.17. The van der Waals surface area contributed by atoms with E-state index in [-0.39, 0.29) is 30.3 Å². The van der Waals surface area contributed by atoms with Crippen molar-refractivity contribution >= 4 is 11.6 Å². The van der Waals surface area contributed by atoms with Crippen molar-refractivity contribution in [1.82, 2.24) is 5.32 Å². The zero-order valence-electron chi connectivity index (χ0n) is 9.34. The highest BCUT2D eigenvalue weighted by atomic mass is 19.1. The molecule has 1 aromatic carbocycles. The van der Waals surface area contributed by atoms with Crippen molar-refractivity contribution in [2.24, 2.45) is 5.92 Å². The highest BCUT2D eigenvalue weighted by Crippen LogP contribution is 2.16. The van der Waals surface area contributed by atoms with E-state index in [9.17, 15) is 13.6 Å². The Morgan fingerprint density at radius 2 is 2.12 bits per heavy atom. The van der Waals surface area contributed by atoms with E-state index in [1.54, 1.807) is 6.92 Å². The number of carbonyl (C=O) groups is 1. The molecule has 0 spiro atoms. The van der Waals surface area contributed by atoms with Gasteiger partial charge in [-0.3, -0.25) is 4.79 Å². The Bertz CT molecular complexity index is 424. The summed E-state index contributed by atoms with van der Waals surface area (Å²) in [5.74, 6) is -2.69. The summed E-state index contributed by atoms with van der Waals surface area (Å²) < 4.78 is 26.1. The van der Waals surface area contributed by atoms with Crippen LogP contribution in [0.2, 0.25) is 0 Å². The minimum absolute atomic E-state index is 0.0890. The molecule has 0 aromatic heterocycles. The number of hydrogen-bond donors (Lipinski definition) is 3. The van der Waals surface area contributed by atoms with Crippen LogP contribution < -0.4 is 11.1 Å². The highest BCUT2D eigenvalue weighted by molar-refractivity contribution is 5.95. The topological polar surface area (TPSA) is 75.3 Å². The molecule has 1 atom stereocenters. The fraction of sp³-hybridized carbons (Fsp3) is 0.364. The van der Waals surface area contributed by atoms with Crippen LogP contribution in [-0.4, -0.2) is 24.2 Å². The number of benzene rings is 1. The number of carbonyl (C=O) groups excluding carboxylic acids is 1. The van der Waals surface area contributed by atoms with Gasteiger partial charge in [-0.25, -0.2) is 8.78 Å². The maximum absolute atomic E-state index is 13.3. The molecule has 0 bridgehead atoms. The van der Waals surface area contributed by atoms with Crippen LogP contribution >= 0.6 is 0 Å². The lowest BCUT2D eigenvalue weighted by atomic mass is 10.1. The van der Waals surface area contributed by atoms with Gasteiger partial charge in [0.25, 0.3) is 5.91 Å². The molecular formula is C11H14F2N2O2. The molecule has 0 aliphatic heterocycles. The maximum atomic E-state index is 13.3. The predicted octanol–water partition coefficient (Wildman–Crippen LogP) is 0.905. The van der Waals surface area contributed by atoms with Gasteiger partial charge in [0, 0.05) is 19.2 Å². The van der Waals surface area contributed by atoms with Gasteiger partial charge < -0.3 is 16.2 Å². The van der Waals surface area contributed by atoms with Gasteiger partial charge in [0.1, 0.15) is 11.6 Å². The minimum atomic E-state index is -0.967. The third-order valence-electron chi connectivity index (χ3n) is 2.25. The largest absolute Gasteiger partial charge is 0.396 e. The summed E-state index contributed by atoms with van der Waals surface area (Å²) in [5, 5.41) is 11.2. The Morgan fingerprint density at radius 1 is 1.47 bits per heavy atom. The molecule has 0 saturated heterocycles. The molecule has 0 radical (unpaired) electrons. The van der Waals surface area contributed by atoms with Crippen molar-refractivity contribution in [3.8, 4) is 0 Å². The van der Waals surface area contributed by atoms with E-state index in [0.29, 0.717) is 6.07 Å². The first-order valence-corrected chi connectivity index (χ1v) is 5.09. The van der Waals surface area contributed by atoms with Crippen molar-refractivity contribution < 1.29 is 18.7 Å². The Hall–Kier alpha value is -1.69. The third-order valence-corrected chi connectivity index (χ3v) is 2.25. The second-order valence-electron chi connectivity index (χ2n) is 3.85. The molecule has 0 aliphatic carbocycles. The van der Waals surface area contributed by atoms with Crippen LogP contribution in [0, 0.1) is 17.6 Å². The van der Waals surface area contributed by atoms with E-state index >= 15 is 0 Å². The number of amides is 1. The third kappa shape index (κ3) is 3.39. The van der Waals surface area contributed by atoms with Crippen molar-refractivity contribution in [2.45, 2.75) is 6.92 Å². The van der Waals surface area contributed by atoms with Crippen LogP contribution in [-0.2, 0) is 0 Å². The standard InChI is InChI=1S/C11H14F2N2O2/c1-6(5-16)4-15-11(17)7-2-10(14)9(13)3-8(7)12/h2-3,6,16H,4-5,14H2,1H3,(H,15,17). The van der Waals surface area contributed by atoms with Gasteiger partial charge in [-0.2, -0.15) is 0 Å². The maximum Gasteiger partial charge on any atom is 0.254 e. The SMILES string of the molecule is CC(CO)CNC(=O)c1cc(N)c(F)cc1F. The van der Waals surface area contributed by atoms with Gasteiger partial charge in [0.15, 0.2) is 0 Å². The normalized spacial score (nSPS) is 12.2. The van der Waals surface area contributed by atoms with E-state index in [1.165, 1.54) is 0 Å². The molecule has 4 N–H and O–H groups in total. The molecule has 0 saturated carbocycles. The number of aliphatic hydroxyl groups is 1. The Balaban J connectivity index is 2.79. The summed E-state index contributed by atoms with van der Waals surface area (Å²) >= 11 is 0. The lowest BCUT2D eigenvalue weighted by Gasteiger charge is -2.10. The van der Waals surface area contributed by atoms with Crippen molar-refractivity contribution in [3.63, 3.8) is 0 Å². The monoisotopic (exact) mass is 244 g/mol. The zero-order chi connectivity index (χ0) is 13.0. The molecule has 0 aliphatic rings. The molecule has 1 aromatic rings. The number of hydrogen-bond acceptors (Lipinski definition) is 3. The van der Waals surface area contributed by atoms with E-state index in [0.717, 1.165) is 6.07 Å². The lowest BCUT2D eigenvalue weighted by molar-refractivity contribution is 0.0938. The average Bonchev–Trinajstić information content (AvgIpc) is 2.30. The molecule has 1 unspecified atom stereocenters. The van der Waals surface area contributed by atoms with Crippen LogP contribution in [0.5, 0.6) is 0 Å². The van der Waals surface area contributed by atoms with Crippen LogP contribution in [0.15, 0.2) is 12.1 Å². The summed E-state index contributed by atoms with van der Waals surface area (Å²) in [6.07, 6.45) is 0. The molecule has 0 fully saturated rings. The van der Waals surface area contributed by atoms with Crippen LogP contribution in [0.25, 0.3) is 0 Å². The molecule has 0 heterocycles. The first kappa shape index (κ1) is 13.4. The van der Waals surface area contributed by atoms with Gasteiger partial charge in [-0.05, 0) is 12.0 Å². The molecule has 1 rings (SSSR count). The summed E-state index contributed by atoms with van der Waals surface area (Å²) in [6.45, 7) is 1.83. The molecule has 1 amide bonds. The molecule has 4 nitrogen and oxygen atoms in total. The summed E-state index contributed by atoms with van der Waals surface area (Å²) in [5.41, 5.74) is 4.65. The summed E-state index contributed by atoms with van der Waals surface area (Å²) in [7, 11) is 0. The van der Waals surface area contributed by atoms with Crippen molar-refractivity contribution in [1.29, 1.82) is 0 Å². The van der Waals surface area contributed by atoms with Crippen LogP contribution in [0.1, 0.15) is 17.3 Å². The first-order chi connectivity index (χ1) is 7.95. The molecule has 94 valence electrons. The number of nitrogens with one attached hydrogen (secondary N) is 1. The predicted molar refractivity (Wildman–Crippen MR) is 59.4 cm³/mol. The van der Waals surface area contributed by atoms with Gasteiger partial charge in [-0.1, -0.05) is 6.92 Å². The smallest absolute Gasteiger partial charge is 0.254 e. The molecule has 6 heteroatoms. The number of nitrogens with two attached hydrogens (primary N) is 1. The van der Waals surface area contributed by atoms with Gasteiger partial charge in [0.2, 0.25) is 0 Å². The summed E-state index contributed by atoms with van der Waals surface area (Å²) in [6, 6.07) is 1.52. The quantitative estimate of drug-likeness (QED) is 0.689. The number of aliphatic hydroxyl groups excluding tert-OH is 1. The number of rotatable bonds is 4. The van der Waals surface area contributed by atoms with Crippen molar-refractivity contribution in [2.75, 3.05) is 18.9 Å². The fourth-order valence-electron chi connectivity index (χ4n) is 1.17. The number of anilines is 1. The van der Waals surface area contributed by atoms with E-state index in [4.69, 9.17) is 10.8 Å². The number of nitrogen functional groups attached to an aromatic ring is 1. The van der Waals surface area contributed by atoms with Gasteiger partial charge in [-0.15, -0.1) is 0 Å².